The van der Waals surface area contributed by atoms with Crippen molar-refractivity contribution in [3.63, 3.8) is 0 Å². The van der Waals surface area contributed by atoms with E-state index in [-0.39, 0.29) is 36.0 Å². The summed E-state index contributed by atoms with van der Waals surface area (Å²) in [6.07, 6.45) is 2.09. The lowest BCUT2D eigenvalue weighted by atomic mass is 9.95. The summed E-state index contributed by atoms with van der Waals surface area (Å²) in [4.78, 5) is 43.6. The van der Waals surface area contributed by atoms with Crippen LogP contribution in [0.25, 0.3) is 10.9 Å². The van der Waals surface area contributed by atoms with Crippen LogP contribution < -0.4 is 15.4 Å². The molecule has 3 N–H and O–H groups in total. The summed E-state index contributed by atoms with van der Waals surface area (Å²) >= 11 is 0. The van der Waals surface area contributed by atoms with E-state index < -0.39 is 12.1 Å². The Labute approximate surface area is 204 Å². The Morgan fingerprint density at radius 1 is 1.40 bits per heavy atom. The zero-order valence-electron chi connectivity index (χ0n) is 20.1. The molecule has 3 amide bonds. The second-order valence-corrected chi connectivity index (χ2v) is 9.22. The number of aromatic nitrogens is 1. The van der Waals surface area contributed by atoms with Crippen LogP contribution in [0, 0.1) is 23.2 Å². The van der Waals surface area contributed by atoms with Crippen LogP contribution in [0.1, 0.15) is 43.1 Å². The summed E-state index contributed by atoms with van der Waals surface area (Å²) < 4.78 is 5.41. The van der Waals surface area contributed by atoms with Crippen LogP contribution in [-0.2, 0) is 9.59 Å². The molecule has 0 saturated carbocycles. The van der Waals surface area contributed by atoms with Crippen LogP contribution >= 0.6 is 0 Å². The van der Waals surface area contributed by atoms with Gasteiger partial charge in [-0.05, 0) is 49.8 Å². The Morgan fingerprint density at radius 3 is 2.86 bits per heavy atom. The molecule has 4 rings (SSSR count). The fraction of sp³-hybridized carbons (Fsp3) is 0.462. The van der Waals surface area contributed by atoms with Crippen LogP contribution in [-0.4, -0.2) is 59.9 Å². The molecule has 0 aliphatic carbocycles. The number of ether oxygens (including phenoxy) is 1. The van der Waals surface area contributed by atoms with Crippen molar-refractivity contribution in [3.8, 4) is 11.8 Å². The quantitative estimate of drug-likeness (QED) is 0.504. The average Bonchev–Trinajstić information content (AvgIpc) is 3.60. The van der Waals surface area contributed by atoms with Crippen molar-refractivity contribution in [1.82, 2.24) is 20.5 Å². The van der Waals surface area contributed by atoms with E-state index in [0.29, 0.717) is 37.4 Å². The molecule has 0 radical (unpaired) electrons. The van der Waals surface area contributed by atoms with Gasteiger partial charge in [-0.2, -0.15) is 5.26 Å². The smallest absolute Gasteiger partial charge is 0.271 e. The normalized spacial score (nSPS) is 22.5. The van der Waals surface area contributed by atoms with Crippen molar-refractivity contribution in [3.05, 3.63) is 42.1 Å². The Hall–Kier alpha value is -3.80. The Bertz CT molecular complexity index is 1200. The van der Waals surface area contributed by atoms with Crippen molar-refractivity contribution < 1.29 is 19.1 Å². The maximum Gasteiger partial charge on any atom is 0.271 e. The molecule has 4 unspecified atom stereocenters. The summed E-state index contributed by atoms with van der Waals surface area (Å²) in [6.45, 7) is 7.09. The highest BCUT2D eigenvalue weighted by atomic mass is 16.5. The van der Waals surface area contributed by atoms with Crippen molar-refractivity contribution >= 4 is 28.6 Å². The van der Waals surface area contributed by atoms with Gasteiger partial charge in [-0.3, -0.25) is 14.4 Å². The predicted molar refractivity (Wildman–Crippen MR) is 130 cm³/mol. The van der Waals surface area contributed by atoms with E-state index in [1.807, 2.05) is 25.1 Å². The highest BCUT2D eigenvalue weighted by Gasteiger charge is 2.41. The number of nitrogens with zero attached hydrogens (tertiary/aromatic N) is 2. The van der Waals surface area contributed by atoms with Gasteiger partial charge in [0.2, 0.25) is 11.8 Å². The molecule has 9 heteroatoms. The number of carbonyl (C=O) groups is 3. The zero-order valence-corrected chi connectivity index (χ0v) is 20.1. The van der Waals surface area contributed by atoms with Crippen LogP contribution in [0.2, 0.25) is 0 Å². The highest BCUT2D eigenvalue weighted by Crippen LogP contribution is 2.33. The van der Waals surface area contributed by atoms with Crippen molar-refractivity contribution in [2.75, 3.05) is 20.2 Å². The summed E-state index contributed by atoms with van der Waals surface area (Å²) in [5.74, 6) is -0.430. The van der Waals surface area contributed by atoms with Gasteiger partial charge >= 0.3 is 0 Å². The molecule has 0 bridgehead atoms. The second-order valence-electron chi connectivity index (χ2n) is 9.22. The number of nitriles is 1. The van der Waals surface area contributed by atoms with E-state index in [2.05, 4.69) is 28.3 Å². The first-order valence-electron chi connectivity index (χ1n) is 12.0. The summed E-state index contributed by atoms with van der Waals surface area (Å²) in [6, 6.07) is 7.82. The van der Waals surface area contributed by atoms with E-state index in [4.69, 9.17) is 4.74 Å². The molecule has 3 heterocycles. The standard InChI is InChI=1S/C26H31N5O4/c1-4-15(2)17-11-22(25(33)29-18(13-27)10-16-8-9-28-24(16)32)31(14-17)26(34)21-12-19-20(30-21)6-5-7-23(19)35-3/h5-7,12,16-18,22,30H,2,4,8-11,14H2,1,3H3,(H,28,32)(H,29,33). The van der Waals surface area contributed by atoms with Gasteiger partial charge in [-0.1, -0.05) is 25.1 Å². The molecule has 2 fully saturated rings. The number of nitrogens with one attached hydrogen (secondary N) is 3. The largest absolute Gasteiger partial charge is 0.496 e. The predicted octanol–water partition coefficient (Wildman–Crippen LogP) is 2.51. The first kappa shape index (κ1) is 24.3. The van der Waals surface area contributed by atoms with Crippen molar-refractivity contribution in [2.45, 2.75) is 44.7 Å². The van der Waals surface area contributed by atoms with Crippen LogP contribution in [0.5, 0.6) is 5.75 Å². The van der Waals surface area contributed by atoms with Crippen LogP contribution in [0.3, 0.4) is 0 Å². The van der Waals surface area contributed by atoms with Gasteiger partial charge < -0.3 is 25.3 Å². The monoisotopic (exact) mass is 477 g/mol. The molecule has 0 spiro atoms. The third-order valence-electron chi connectivity index (χ3n) is 7.13. The second kappa shape index (κ2) is 10.2. The van der Waals surface area contributed by atoms with Gasteiger partial charge in [-0.15, -0.1) is 0 Å². The van der Waals surface area contributed by atoms with Gasteiger partial charge in [0.15, 0.2) is 0 Å². The number of fused-ring (bicyclic) bond motifs is 1. The minimum Gasteiger partial charge on any atom is -0.496 e. The molecule has 2 aliphatic rings. The SMILES string of the molecule is C=C(CC)C1CC(C(=O)NC(C#N)CC2CCNC2=O)N(C(=O)c2cc3c(OC)cccc3[nH]2)C1. The van der Waals surface area contributed by atoms with E-state index in [9.17, 15) is 19.6 Å². The van der Waals surface area contributed by atoms with Gasteiger partial charge in [0, 0.05) is 29.9 Å². The highest BCUT2D eigenvalue weighted by molar-refractivity contribution is 6.01. The number of rotatable bonds is 8. The van der Waals surface area contributed by atoms with Gasteiger partial charge in [-0.25, -0.2) is 0 Å². The fourth-order valence-electron chi connectivity index (χ4n) is 5.04. The number of aromatic amines is 1. The molecular weight excluding hydrogens is 446 g/mol. The van der Waals surface area contributed by atoms with E-state index >= 15 is 0 Å². The lowest BCUT2D eigenvalue weighted by molar-refractivity contribution is -0.126. The minimum absolute atomic E-state index is 0.0141. The number of hydrogen-bond acceptors (Lipinski definition) is 5. The third-order valence-corrected chi connectivity index (χ3v) is 7.13. The topological polar surface area (TPSA) is 127 Å². The lowest BCUT2D eigenvalue weighted by Gasteiger charge is -2.25. The average molecular weight is 478 g/mol. The van der Waals surface area contributed by atoms with Gasteiger partial charge in [0.25, 0.3) is 5.91 Å². The van der Waals surface area contributed by atoms with E-state index in [0.717, 1.165) is 22.9 Å². The van der Waals surface area contributed by atoms with Gasteiger partial charge in [0.05, 0.1) is 13.2 Å². The number of hydrogen-bond donors (Lipinski definition) is 3. The maximum atomic E-state index is 13.6. The maximum absolute atomic E-state index is 13.6. The van der Waals surface area contributed by atoms with Crippen molar-refractivity contribution in [1.29, 1.82) is 5.26 Å². The van der Waals surface area contributed by atoms with E-state index in [1.54, 1.807) is 18.1 Å². The molecule has 2 aromatic rings. The molecule has 35 heavy (non-hydrogen) atoms. The summed E-state index contributed by atoms with van der Waals surface area (Å²) in [5, 5.41) is 15.9. The van der Waals surface area contributed by atoms with Crippen LogP contribution in [0.15, 0.2) is 36.4 Å². The number of amides is 3. The van der Waals surface area contributed by atoms with Gasteiger partial charge in [0.1, 0.15) is 23.5 Å². The molecule has 1 aromatic heterocycles. The Balaban J connectivity index is 1.56. The molecule has 1 aromatic carbocycles. The summed E-state index contributed by atoms with van der Waals surface area (Å²) in [5.41, 5.74) is 2.11. The first-order valence-corrected chi connectivity index (χ1v) is 12.0. The third kappa shape index (κ3) is 4.87. The molecule has 2 saturated heterocycles. The molecule has 4 atom stereocenters. The molecule has 184 valence electrons. The van der Waals surface area contributed by atoms with E-state index in [1.165, 1.54) is 0 Å². The number of carbonyl (C=O) groups excluding carboxylic acids is 3. The lowest BCUT2D eigenvalue weighted by Crippen LogP contribution is -2.49. The zero-order chi connectivity index (χ0) is 25.1. The fourth-order valence-corrected chi connectivity index (χ4v) is 5.04. The molecule has 9 nitrogen and oxygen atoms in total. The number of H-pyrrole nitrogens is 1. The number of benzene rings is 1. The minimum atomic E-state index is -0.806. The van der Waals surface area contributed by atoms with Crippen LogP contribution in [0.4, 0.5) is 0 Å². The summed E-state index contributed by atoms with van der Waals surface area (Å²) in [7, 11) is 1.58. The van der Waals surface area contributed by atoms with Crippen molar-refractivity contribution in [2.24, 2.45) is 11.8 Å². The Kier molecular flexibility index (Phi) is 7.10. The number of likely N-dealkylation sites (tertiary alicyclic amines) is 1. The Morgan fingerprint density at radius 2 is 2.20 bits per heavy atom. The number of methoxy groups -OCH3 is 1. The molecule has 2 aliphatic heterocycles. The molecular formula is C26H31N5O4. The first-order chi connectivity index (χ1) is 16.9.